The highest BCUT2D eigenvalue weighted by molar-refractivity contribution is 5.76. The van der Waals surface area contributed by atoms with E-state index in [-0.39, 0.29) is 12.5 Å². The number of methoxy groups -OCH3 is 2. The Bertz CT molecular complexity index is 966. The number of hydrogen-bond donors (Lipinski definition) is 0. The van der Waals surface area contributed by atoms with Gasteiger partial charge in [-0.1, -0.05) is 41.1 Å². The van der Waals surface area contributed by atoms with Gasteiger partial charge in [-0.25, -0.2) is 0 Å². The number of amides is 1. The fourth-order valence-electron chi connectivity index (χ4n) is 2.91. The summed E-state index contributed by atoms with van der Waals surface area (Å²) in [6.45, 7) is 2.29. The molecule has 0 aliphatic heterocycles. The smallest absolute Gasteiger partial charge is 0.246 e. The van der Waals surface area contributed by atoms with Crippen molar-refractivity contribution in [3.05, 3.63) is 59.5 Å². The molecule has 0 radical (unpaired) electrons. The minimum Gasteiger partial charge on any atom is -0.493 e. The lowest BCUT2D eigenvalue weighted by Gasteiger charge is -2.15. The molecule has 2 aromatic carbocycles. The highest BCUT2D eigenvalue weighted by Crippen LogP contribution is 2.28. The second-order valence-corrected chi connectivity index (χ2v) is 6.82. The first-order chi connectivity index (χ1) is 14.0. The minimum absolute atomic E-state index is 0.00475. The molecular formula is C22H25N3O4. The molecular weight excluding hydrogens is 370 g/mol. The standard InChI is InChI=1S/C22H25N3O4/c1-15-5-9-17(10-6-15)22-23-20(29-24-22)14-25(2)21(26)12-8-16-7-11-18(27-3)19(13-16)28-4/h5-7,9-11,13H,8,12,14H2,1-4H3. The van der Waals surface area contributed by atoms with Crippen molar-refractivity contribution in [2.75, 3.05) is 21.3 Å². The molecule has 152 valence electrons. The van der Waals surface area contributed by atoms with Crippen LogP contribution in [-0.4, -0.2) is 42.2 Å². The fraction of sp³-hybridized carbons (Fsp3) is 0.318. The number of ether oxygens (including phenoxy) is 2. The van der Waals surface area contributed by atoms with E-state index in [1.807, 2.05) is 49.4 Å². The number of nitrogens with zero attached hydrogens (tertiary/aromatic N) is 3. The van der Waals surface area contributed by atoms with E-state index in [0.29, 0.717) is 36.1 Å². The van der Waals surface area contributed by atoms with Crippen LogP contribution in [0.25, 0.3) is 11.4 Å². The Hall–Kier alpha value is -3.35. The molecule has 0 atom stereocenters. The second kappa shape index (κ2) is 9.23. The van der Waals surface area contributed by atoms with Crippen LogP contribution in [0.15, 0.2) is 47.0 Å². The number of aromatic nitrogens is 2. The summed E-state index contributed by atoms with van der Waals surface area (Å²) >= 11 is 0. The first kappa shape index (κ1) is 20.4. The van der Waals surface area contributed by atoms with E-state index in [4.69, 9.17) is 14.0 Å². The van der Waals surface area contributed by atoms with Gasteiger partial charge in [-0.2, -0.15) is 4.98 Å². The van der Waals surface area contributed by atoms with E-state index in [0.717, 1.165) is 16.7 Å². The topological polar surface area (TPSA) is 77.7 Å². The number of carbonyl (C=O) groups excluding carboxylic acids is 1. The van der Waals surface area contributed by atoms with Crippen LogP contribution >= 0.6 is 0 Å². The predicted molar refractivity (Wildman–Crippen MR) is 109 cm³/mol. The highest BCUT2D eigenvalue weighted by atomic mass is 16.5. The molecule has 0 N–H and O–H groups in total. The van der Waals surface area contributed by atoms with Crippen LogP contribution in [0.4, 0.5) is 0 Å². The van der Waals surface area contributed by atoms with Crippen molar-refractivity contribution in [1.82, 2.24) is 15.0 Å². The largest absolute Gasteiger partial charge is 0.493 e. The maximum atomic E-state index is 12.5. The van der Waals surface area contributed by atoms with Crippen molar-refractivity contribution in [2.24, 2.45) is 0 Å². The maximum absolute atomic E-state index is 12.5. The molecule has 3 aromatic rings. The molecule has 3 rings (SSSR count). The van der Waals surface area contributed by atoms with Crippen LogP contribution < -0.4 is 9.47 Å². The Kier molecular flexibility index (Phi) is 6.49. The molecule has 0 aliphatic carbocycles. The van der Waals surface area contributed by atoms with Crippen molar-refractivity contribution >= 4 is 5.91 Å². The number of rotatable bonds is 8. The van der Waals surface area contributed by atoms with Crippen molar-refractivity contribution in [1.29, 1.82) is 0 Å². The second-order valence-electron chi connectivity index (χ2n) is 6.82. The first-order valence-electron chi connectivity index (χ1n) is 9.34. The number of benzene rings is 2. The van der Waals surface area contributed by atoms with Gasteiger partial charge in [-0.3, -0.25) is 4.79 Å². The number of hydrogen-bond acceptors (Lipinski definition) is 6. The normalized spacial score (nSPS) is 10.6. The van der Waals surface area contributed by atoms with Gasteiger partial charge in [0.1, 0.15) is 0 Å². The van der Waals surface area contributed by atoms with Gasteiger partial charge in [0.15, 0.2) is 11.5 Å². The molecule has 7 nitrogen and oxygen atoms in total. The van der Waals surface area contributed by atoms with E-state index in [2.05, 4.69) is 10.1 Å². The summed E-state index contributed by atoms with van der Waals surface area (Å²) in [5, 5.41) is 4.01. The molecule has 1 heterocycles. The van der Waals surface area contributed by atoms with E-state index < -0.39 is 0 Å². The zero-order valence-electron chi connectivity index (χ0n) is 17.1. The van der Waals surface area contributed by atoms with Gasteiger partial charge in [0.05, 0.1) is 20.8 Å². The summed E-state index contributed by atoms with van der Waals surface area (Å²) < 4.78 is 15.8. The molecule has 29 heavy (non-hydrogen) atoms. The summed E-state index contributed by atoms with van der Waals surface area (Å²) in [6.07, 6.45) is 0.965. The number of carbonyl (C=O) groups is 1. The van der Waals surface area contributed by atoms with E-state index in [9.17, 15) is 4.79 Å². The van der Waals surface area contributed by atoms with Gasteiger partial charge in [0.2, 0.25) is 17.6 Å². The van der Waals surface area contributed by atoms with Crippen molar-refractivity contribution in [2.45, 2.75) is 26.3 Å². The zero-order chi connectivity index (χ0) is 20.8. The van der Waals surface area contributed by atoms with E-state index >= 15 is 0 Å². The molecule has 1 aromatic heterocycles. The summed E-state index contributed by atoms with van der Waals surface area (Å²) in [5.74, 6) is 2.24. The quantitative estimate of drug-likeness (QED) is 0.579. The SMILES string of the molecule is COc1ccc(CCC(=O)N(C)Cc2nc(-c3ccc(C)cc3)no2)cc1OC. The Balaban J connectivity index is 1.56. The number of aryl methyl sites for hydroxylation is 2. The molecule has 0 saturated carbocycles. The van der Waals surface area contributed by atoms with Gasteiger partial charge in [-0.15, -0.1) is 0 Å². The summed E-state index contributed by atoms with van der Waals surface area (Å²) in [7, 11) is 4.92. The summed E-state index contributed by atoms with van der Waals surface area (Å²) in [6, 6.07) is 13.5. The molecule has 0 saturated heterocycles. The van der Waals surface area contributed by atoms with Gasteiger partial charge < -0.3 is 18.9 Å². The van der Waals surface area contributed by atoms with Crippen molar-refractivity contribution in [3.8, 4) is 22.9 Å². The molecule has 0 fully saturated rings. The lowest BCUT2D eigenvalue weighted by Crippen LogP contribution is -2.26. The lowest BCUT2D eigenvalue weighted by molar-refractivity contribution is -0.130. The van der Waals surface area contributed by atoms with E-state index in [1.54, 1.807) is 26.2 Å². The van der Waals surface area contributed by atoms with Crippen LogP contribution in [0.2, 0.25) is 0 Å². The third-order valence-electron chi connectivity index (χ3n) is 4.65. The Morgan fingerprint density at radius 3 is 2.48 bits per heavy atom. The molecule has 0 spiro atoms. The van der Waals surface area contributed by atoms with Crippen LogP contribution in [-0.2, 0) is 17.8 Å². The van der Waals surface area contributed by atoms with Crippen LogP contribution in [0.1, 0.15) is 23.4 Å². The highest BCUT2D eigenvalue weighted by Gasteiger charge is 2.15. The van der Waals surface area contributed by atoms with Crippen LogP contribution in [0.5, 0.6) is 11.5 Å². The maximum Gasteiger partial charge on any atom is 0.246 e. The van der Waals surface area contributed by atoms with Gasteiger partial charge in [0, 0.05) is 19.0 Å². The third-order valence-corrected chi connectivity index (χ3v) is 4.65. The Morgan fingerprint density at radius 1 is 1.07 bits per heavy atom. The van der Waals surface area contributed by atoms with Crippen molar-refractivity contribution < 1.29 is 18.8 Å². The molecule has 0 unspecified atom stereocenters. The Morgan fingerprint density at radius 2 is 1.79 bits per heavy atom. The van der Waals surface area contributed by atoms with E-state index in [1.165, 1.54) is 0 Å². The van der Waals surface area contributed by atoms with Gasteiger partial charge in [0.25, 0.3) is 0 Å². The van der Waals surface area contributed by atoms with Crippen molar-refractivity contribution in [3.63, 3.8) is 0 Å². The average molecular weight is 395 g/mol. The Labute approximate surface area is 170 Å². The van der Waals surface area contributed by atoms with Gasteiger partial charge in [-0.05, 0) is 31.0 Å². The molecule has 1 amide bonds. The minimum atomic E-state index is -0.00475. The summed E-state index contributed by atoms with van der Waals surface area (Å²) in [5.41, 5.74) is 3.05. The predicted octanol–water partition coefficient (Wildman–Crippen LogP) is 3.65. The van der Waals surface area contributed by atoms with Gasteiger partial charge >= 0.3 is 0 Å². The fourth-order valence-corrected chi connectivity index (χ4v) is 2.91. The zero-order valence-corrected chi connectivity index (χ0v) is 17.1. The first-order valence-corrected chi connectivity index (χ1v) is 9.34. The average Bonchev–Trinajstić information content (AvgIpc) is 3.20. The third kappa shape index (κ3) is 5.13. The molecule has 0 aliphatic rings. The molecule has 0 bridgehead atoms. The lowest BCUT2D eigenvalue weighted by atomic mass is 10.1. The summed E-state index contributed by atoms with van der Waals surface area (Å²) in [4.78, 5) is 18.5. The molecule has 7 heteroatoms. The van der Waals surface area contributed by atoms with Crippen LogP contribution in [0, 0.1) is 6.92 Å². The monoisotopic (exact) mass is 395 g/mol. The van der Waals surface area contributed by atoms with Crippen LogP contribution in [0.3, 0.4) is 0 Å².